The lowest BCUT2D eigenvalue weighted by atomic mass is 9.67. The molecule has 0 bridgehead atoms. The molecule has 0 aromatic carbocycles. The van der Waals surface area contributed by atoms with Gasteiger partial charge in [-0.15, -0.1) is 0 Å². The second-order valence-electron chi connectivity index (χ2n) is 24.6. The van der Waals surface area contributed by atoms with Crippen LogP contribution in [0.5, 0.6) is 0 Å². The number of carbonyl (C=O) groups excluding carboxylic acids is 2. The van der Waals surface area contributed by atoms with Crippen molar-refractivity contribution in [3.8, 4) is 11.8 Å². The summed E-state index contributed by atoms with van der Waals surface area (Å²) < 4.78 is 49.6. The zero-order chi connectivity index (χ0) is 49.9. The summed E-state index contributed by atoms with van der Waals surface area (Å²) >= 11 is 0. The van der Waals surface area contributed by atoms with E-state index in [0.29, 0.717) is 38.3 Å². The van der Waals surface area contributed by atoms with Crippen LogP contribution >= 0.6 is 0 Å². The molecule has 2 aliphatic heterocycles. The van der Waals surface area contributed by atoms with Crippen LogP contribution in [0.4, 0.5) is 0 Å². The van der Waals surface area contributed by atoms with Gasteiger partial charge in [0.25, 0.3) is 0 Å². The van der Waals surface area contributed by atoms with E-state index in [1.54, 1.807) is 0 Å². The Morgan fingerprint density at radius 1 is 0.431 bits per heavy atom. The minimum absolute atomic E-state index is 0.0610. The van der Waals surface area contributed by atoms with Crippen molar-refractivity contribution in [3.05, 3.63) is 0 Å². The lowest BCUT2D eigenvalue weighted by molar-refractivity contribution is -0.168. The Labute approximate surface area is 437 Å². The first kappa shape index (κ1) is 56.5. The topological polar surface area (TPSA) is 108 Å². The maximum Gasteiger partial charge on any atom is 0.310 e. The molecule has 8 fully saturated rings. The third-order valence-electron chi connectivity index (χ3n) is 19.5. The maximum absolute atomic E-state index is 14.4. The molecule has 410 valence electrons. The minimum Gasteiger partial charge on any atom is -0.446 e. The molecule has 0 spiro atoms. The maximum atomic E-state index is 14.4. The third-order valence-corrected chi connectivity index (χ3v) is 19.5. The Morgan fingerprint density at radius 3 is 1.14 bits per heavy atom. The van der Waals surface area contributed by atoms with E-state index >= 15 is 0 Å². The number of esters is 2. The van der Waals surface area contributed by atoms with E-state index in [2.05, 4.69) is 25.7 Å². The zero-order valence-corrected chi connectivity index (χ0v) is 45.7. The van der Waals surface area contributed by atoms with E-state index in [1.807, 2.05) is 0 Å². The van der Waals surface area contributed by atoms with Gasteiger partial charge in [-0.25, -0.2) is 0 Å². The molecule has 2 unspecified atom stereocenters. The summed E-state index contributed by atoms with van der Waals surface area (Å²) in [5.74, 6) is 11.7. The van der Waals surface area contributed by atoms with E-state index in [0.717, 1.165) is 178 Å². The van der Waals surface area contributed by atoms with E-state index in [1.165, 1.54) is 89.9 Å². The molecule has 10 heteroatoms. The highest BCUT2D eigenvalue weighted by molar-refractivity contribution is 5.74. The summed E-state index contributed by atoms with van der Waals surface area (Å²) in [6.07, 6.45) is 38.4. The SMILES string of the molecule is CCCC1CCC(C2CCC(C#CC3(OC(=O)C4CCC(OCCCOC5CCCCO5)CC4)CCC(C4CCC(CCC)CC4)CC3)(OC(=O)C3CCC(OCCCOC4CCCCO4)CC3)CC2)CC1. The molecule has 2 heterocycles. The van der Waals surface area contributed by atoms with Crippen LogP contribution < -0.4 is 0 Å². The fourth-order valence-electron chi connectivity index (χ4n) is 14.8. The summed E-state index contributed by atoms with van der Waals surface area (Å²) in [6.45, 7) is 8.89. The summed E-state index contributed by atoms with van der Waals surface area (Å²) in [6, 6.07) is 0. The van der Waals surface area contributed by atoms with Gasteiger partial charge in [-0.2, -0.15) is 0 Å². The van der Waals surface area contributed by atoms with Crippen molar-refractivity contribution in [1.29, 1.82) is 0 Å². The highest BCUT2D eigenvalue weighted by Gasteiger charge is 2.46. The standard InChI is InChI=1S/C62H102O10/c1-3-11-47-15-19-49(20-16-47)51-31-35-61(36-32-51,71-59(63)53-23-27-55(28-24-53)65-43-9-45-69-57-13-5-7-41-67-57)39-40-62(37-33-52(34-38-62)50-21-17-48(12-4-2)18-22-50)72-60(64)54-25-29-56(30-26-54)66-44-10-46-70-58-14-6-8-42-68-58/h47-58H,3-38,41-46H2,1-2H3. The molecule has 0 amide bonds. The van der Waals surface area contributed by atoms with Crippen LogP contribution in [-0.2, 0) is 47.5 Å². The van der Waals surface area contributed by atoms with Gasteiger partial charge in [0.15, 0.2) is 23.8 Å². The van der Waals surface area contributed by atoms with Gasteiger partial charge in [0.1, 0.15) is 0 Å². The summed E-state index contributed by atoms with van der Waals surface area (Å²) in [7, 11) is 0. The van der Waals surface area contributed by atoms with Gasteiger partial charge < -0.3 is 37.9 Å². The van der Waals surface area contributed by atoms with E-state index in [-0.39, 0.29) is 48.6 Å². The molecule has 0 aromatic rings. The average Bonchev–Trinajstić information content (AvgIpc) is 3.42. The van der Waals surface area contributed by atoms with Crippen molar-refractivity contribution in [2.75, 3.05) is 39.6 Å². The van der Waals surface area contributed by atoms with Crippen LogP contribution in [0.3, 0.4) is 0 Å². The molecule has 6 saturated carbocycles. The smallest absolute Gasteiger partial charge is 0.310 e. The fourth-order valence-corrected chi connectivity index (χ4v) is 14.8. The molecule has 6 aliphatic carbocycles. The van der Waals surface area contributed by atoms with Gasteiger partial charge in [-0.05, 0) is 215 Å². The Kier molecular flexibility index (Phi) is 23.3. The molecular formula is C62H102O10. The summed E-state index contributed by atoms with van der Waals surface area (Å²) in [5.41, 5.74) is -1.69. The first-order valence-electron chi connectivity index (χ1n) is 31.0. The number of hydrogen-bond acceptors (Lipinski definition) is 10. The van der Waals surface area contributed by atoms with Crippen LogP contribution in [0.25, 0.3) is 0 Å². The molecular weight excluding hydrogens is 905 g/mol. The largest absolute Gasteiger partial charge is 0.446 e. The molecule has 0 N–H and O–H groups in total. The van der Waals surface area contributed by atoms with Crippen molar-refractivity contribution in [2.24, 2.45) is 47.3 Å². The molecule has 72 heavy (non-hydrogen) atoms. The zero-order valence-electron chi connectivity index (χ0n) is 45.7. The Hall–Kier alpha value is -1.74. The first-order chi connectivity index (χ1) is 35.3. The van der Waals surface area contributed by atoms with Gasteiger partial charge in [0.2, 0.25) is 0 Å². The third kappa shape index (κ3) is 17.4. The Bertz CT molecular complexity index is 1480. The molecule has 0 radical (unpaired) electrons. The van der Waals surface area contributed by atoms with Crippen LogP contribution in [-0.4, -0.2) is 87.6 Å². The highest BCUT2D eigenvalue weighted by Crippen LogP contribution is 2.48. The number of hydrogen-bond donors (Lipinski definition) is 0. The summed E-state index contributed by atoms with van der Waals surface area (Å²) in [5, 5.41) is 0. The van der Waals surface area contributed by atoms with Crippen LogP contribution in [0.15, 0.2) is 0 Å². The van der Waals surface area contributed by atoms with Gasteiger partial charge in [0.05, 0.1) is 37.3 Å². The van der Waals surface area contributed by atoms with Gasteiger partial charge in [-0.3, -0.25) is 9.59 Å². The van der Waals surface area contributed by atoms with Crippen molar-refractivity contribution < 1.29 is 47.5 Å². The van der Waals surface area contributed by atoms with Crippen molar-refractivity contribution >= 4 is 11.9 Å². The van der Waals surface area contributed by atoms with Crippen LogP contribution in [0.1, 0.15) is 245 Å². The number of carbonyl (C=O) groups is 2. The number of rotatable bonds is 22. The minimum atomic E-state index is -0.847. The lowest BCUT2D eigenvalue weighted by Gasteiger charge is -2.43. The van der Waals surface area contributed by atoms with Gasteiger partial charge in [-0.1, -0.05) is 77.1 Å². The quantitative estimate of drug-likeness (QED) is 0.0591. The first-order valence-corrected chi connectivity index (χ1v) is 31.0. The molecule has 2 saturated heterocycles. The molecule has 10 nitrogen and oxygen atoms in total. The second-order valence-corrected chi connectivity index (χ2v) is 24.6. The second kappa shape index (κ2) is 29.7. The van der Waals surface area contributed by atoms with Crippen molar-refractivity contribution in [3.63, 3.8) is 0 Å². The molecule has 8 rings (SSSR count). The predicted octanol–water partition coefficient (Wildman–Crippen LogP) is 14.2. The van der Waals surface area contributed by atoms with Gasteiger partial charge in [0, 0.05) is 26.4 Å². The Morgan fingerprint density at radius 2 is 0.792 bits per heavy atom. The monoisotopic (exact) mass is 1010 g/mol. The van der Waals surface area contributed by atoms with Crippen LogP contribution in [0.2, 0.25) is 0 Å². The Balaban J connectivity index is 0.895. The van der Waals surface area contributed by atoms with Crippen LogP contribution in [0, 0.1) is 59.2 Å². The van der Waals surface area contributed by atoms with Gasteiger partial charge >= 0.3 is 11.9 Å². The molecule has 8 aliphatic rings. The number of ether oxygens (including phenoxy) is 8. The fraction of sp³-hybridized carbons (Fsp3) is 0.935. The average molecular weight is 1010 g/mol. The molecule has 2 atom stereocenters. The normalized spacial score (nSPS) is 38.0. The molecule has 0 aromatic heterocycles. The van der Waals surface area contributed by atoms with E-state index < -0.39 is 11.2 Å². The van der Waals surface area contributed by atoms with Crippen molar-refractivity contribution in [2.45, 2.75) is 281 Å². The van der Waals surface area contributed by atoms with E-state index in [9.17, 15) is 9.59 Å². The van der Waals surface area contributed by atoms with Crippen molar-refractivity contribution in [1.82, 2.24) is 0 Å². The summed E-state index contributed by atoms with van der Waals surface area (Å²) in [4.78, 5) is 28.9. The lowest BCUT2D eigenvalue weighted by Crippen LogP contribution is -2.44. The van der Waals surface area contributed by atoms with E-state index in [4.69, 9.17) is 37.9 Å². The predicted molar refractivity (Wildman–Crippen MR) is 282 cm³/mol. The highest BCUT2D eigenvalue weighted by atomic mass is 16.7.